The standard InChI is InChI=1S/C14H16BrClO/c1-9-3-2-4-10(5-9)14(17)11-6-12(15)8-13(16)7-11/h6-10H,2-5H2,1H3. The second-order valence-electron chi connectivity index (χ2n) is 4.99. The van der Waals surface area contributed by atoms with E-state index in [-0.39, 0.29) is 11.7 Å². The van der Waals surface area contributed by atoms with Gasteiger partial charge in [-0.1, -0.05) is 47.3 Å². The summed E-state index contributed by atoms with van der Waals surface area (Å²) < 4.78 is 0.872. The summed E-state index contributed by atoms with van der Waals surface area (Å²) in [4.78, 5) is 12.4. The van der Waals surface area contributed by atoms with Gasteiger partial charge >= 0.3 is 0 Å². The van der Waals surface area contributed by atoms with Gasteiger partial charge in [-0.3, -0.25) is 4.79 Å². The van der Waals surface area contributed by atoms with Gasteiger partial charge in [-0.05, 0) is 37.0 Å². The summed E-state index contributed by atoms with van der Waals surface area (Å²) >= 11 is 9.36. The van der Waals surface area contributed by atoms with Gasteiger partial charge in [0.15, 0.2) is 5.78 Å². The highest BCUT2D eigenvalue weighted by Crippen LogP contribution is 2.32. The van der Waals surface area contributed by atoms with Crippen molar-refractivity contribution in [1.82, 2.24) is 0 Å². The van der Waals surface area contributed by atoms with Crippen molar-refractivity contribution in [3.63, 3.8) is 0 Å². The summed E-state index contributed by atoms with van der Waals surface area (Å²) in [6.07, 6.45) is 4.46. The lowest BCUT2D eigenvalue weighted by atomic mass is 9.79. The van der Waals surface area contributed by atoms with Gasteiger partial charge in [-0.2, -0.15) is 0 Å². The van der Waals surface area contributed by atoms with E-state index in [4.69, 9.17) is 11.6 Å². The predicted molar refractivity (Wildman–Crippen MR) is 74.6 cm³/mol. The molecule has 17 heavy (non-hydrogen) atoms. The number of rotatable bonds is 2. The van der Waals surface area contributed by atoms with Crippen LogP contribution in [0.25, 0.3) is 0 Å². The van der Waals surface area contributed by atoms with Crippen LogP contribution < -0.4 is 0 Å². The summed E-state index contributed by atoms with van der Waals surface area (Å²) in [6, 6.07) is 5.45. The molecular formula is C14H16BrClO. The summed E-state index contributed by atoms with van der Waals surface area (Å²) in [5.41, 5.74) is 0.739. The van der Waals surface area contributed by atoms with Crippen LogP contribution in [0.4, 0.5) is 0 Å². The van der Waals surface area contributed by atoms with Crippen LogP contribution in [0, 0.1) is 11.8 Å². The quantitative estimate of drug-likeness (QED) is 0.693. The van der Waals surface area contributed by atoms with Gasteiger partial charge < -0.3 is 0 Å². The number of benzene rings is 1. The van der Waals surface area contributed by atoms with Crippen LogP contribution in [-0.2, 0) is 0 Å². The van der Waals surface area contributed by atoms with Crippen LogP contribution in [0.5, 0.6) is 0 Å². The van der Waals surface area contributed by atoms with Crippen LogP contribution in [0.3, 0.4) is 0 Å². The van der Waals surface area contributed by atoms with Crippen molar-refractivity contribution in [2.75, 3.05) is 0 Å². The number of hydrogen-bond acceptors (Lipinski definition) is 1. The van der Waals surface area contributed by atoms with E-state index in [9.17, 15) is 4.79 Å². The third kappa shape index (κ3) is 3.32. The highest BCUT2D eigenvalue weighted by molar-refractivity contribution is 9.10. The van der Waals surface area contributed by atoms with E-state index in [2.05, 4.69) is 22.9 Å². The second-order valence-corrected chi connectivity index (χ2v) is 6.34. The van der Waals surface area contributed by atoms with E-state index >= 15 is 0 Å². The number of Topliss-reactive ketones (excluding diaryl/α,β-unsaturated/α-hetero) is 1. The molecule has 0 amide bonds. The molecule has 2 atom stereocenters. The molecule has 0 N–H and O–H groups in total. The molecule has 2 unspecified atom stereocenters. The predicted octanol–water partition coefficient (Wildman–Crippen LogP) is 5.11. The van der Waals surface area contributed by atoms with Crippen molar-refractivity contribution in [2.24, 2.45) is 11.8 Å². The Labute approximate surface area is 116 Å². The smallest absolute Gasteiger partial charge is 0.166 e. The van der Waals surface area contributed by atoms with Gasteiger partial charge in [0.25, 0.3) is 0 Å². The van der Waals surface area contributed by atoms with Gasteiger partial charge in [-0.15, -0.1) is 0 Å². The maximum Gasteiger partial charge on any atom is 0.166 e. The van der Waals surface area contributed by atoms with Gasteiger partial charge in [0.2, 0.25) is 0 Å². The summed E-state index contributed by atoms with van der Waals surface area (Å²) in [5.74, 6) is 1.10. The number of halogens is 2. The lowest BCUT2D eigenvalue weighted by Crippen LogP contribution is -2.21. The zero-order chi connectivity index (χ0) is 12.4. The maximum absolute atomic E-state index is 12.4. The molecule has 1 nitrogen and oxygen atoms in total. The molecule has 3 heteroatoms. The third-order valence-electron chi connectivity index (χ3n) is 3.45. The molecule has 0 radical (unpaired) electrons. The summed E-state index contributed by atoms with van der Waals surface area (Å²) in [5, 5.41) is 0.617. The summed E-state index contributed by atoms with van der Waals surface area (Å²) in [7, 11) is 0. The minimum atomic E-state index is 0.184. The summed E-state index contributed by atoms with van der Waals surface area (Å²) in [6.45, 7) is 2.23. The topological polar surface area (TPSA) is 17.1 Å². The second kappa shape index (κ2) is 5.53. The van der Waals surface area contributed by atoms with Crippen molar-refractivity contribution < 1.29 is 4.79 Å². The zero-order valence-corrected chi connectivity index (χ0v) is 12.2. The molecule has 1 aliphatic carbocycles. The molecule has 0 saturated heterocycles. The van der Waals surface area contributed by atoms with E-state index in [0.717, 1.165) is 22.9 Å². The first-order valence-corrected chi connectivity index (χ1v) is 7.23. The Morgan fingerprint density at radius 3 is 2.76 bits per heavy atom. The van der Waals surface area contributed by atoms with Crippen LogP contribution in [0.2, 0.25) is 5.02 Å². The molecule has 0 aliphatic heterocycles. The molecular weight excluding hydrogens is 300 g/mol. The van der Waals surface area contributed by atoms with E-state index in [1.54, 1.807) is 6.07 Å². The fourth-order valence-electron chi connectivity index (χ4n) is 2.60. The van der Waals surface area contributed by atoms with E-state index in [0.29, 0.717) is 10.9 Å². The Hall–Kier alpha value is -0.340. The van der Waals surface area contributed by atoms with E-state index in [1.165, 1.54) is 12.8 Å². The normalized spacial score (nSPS) is 24.6. The Morgan fingerprint density at radius 1 is 1.35 bits per heavy atom. The monoisotopic (exact) mass is 314 g/mol. The molecule has 0 aromatic heterocycles. The first-order valence-electron chi connectivity index (χ1n) is 6.06. The molecule has 0 bridgehead atoms. The Bertz CT molecular complexity index is 410. The van der Waals surface area contributed by atoms with Gasteiger partial charge in [0, 0.05) is 21.0 Å². The maximum atomic E-state index is 12.4. The molecule has 0 heterocycles. The van der Waals surface area contributed by atoms with Gasteiger partial charge in [0.05, 0.1) is 0 Å². The first-order chi connectivity index (χ1) is 8.06. The molecule has 1 aliphatic rings. The third-order valence-corrected chi connectivity index (χ3v) is 4.13. The average Bonchev–Trinajstić information content (AvgIpc) is 2.26. The number of carbonyl (C=O) groups is 1. The van der Waals surface area contributed by atoms with Crippen LogP contribution >= 0.6 is 27.5 Å². The van der Waals surface area contributed by atoms with Gasteiger partial charge in [0.1, 0.15) is 0 Å². The molecule has 1 aromatic carbocycles. The van der Waals surface area contributed by atoms with Crippen LogP contribution in [0.1, 0.15) is 43.0 Å². The molecule has 0 spiro atoms. The first kappa shape index (κ1) is 13.1. The largest absolute Gasteiger partial charge is 0.294 e. The SMILES string of the molecule is CC1CCCC(C(=O)c2cc(Cl)cc(Br)c2)C1. The number of carbonyl (C=O) groups excluding carboxylic acids is 1. The fourth-order valence-corrected chi connectivity index (χ4v) is 3.46. The van der Waals surface area contributed by atoms with Crippen molar-refractivity contribution >= 4 is 33.3 Å². The highest BCUT2D eigenvalue weighted by atomic mass is 79.9. The van der Waals surface area contributed by atoms with E-state index in [1.807, 2.05) is 12.1 Å². The van der Waals surface area contributed by atoms with E-state index < -0.39 is 0 Å². The lowest BCUT2D eigenvalue weighted by Gasteiger charge is -2.25. The van der Waals surface area contributed by atoms with Crippen molar-refractivity contribution in [1.29, 1.82) is 0 Å². The van der Waals surface area contributed by atoms with Crippen molar-refractivity contribution in [3.8, 4) is 0 Å². The van der Waals surface area contributed by atoms with Crippen LogP contribution in [0.15, 0.2) is 22.7 Å². The molecule has 92 valence electrons. The zero-order valence-electron chi connectivity index (χ0n) is 9.88. The minimum absolute atomic E-state index is 0.184. The average molecular weight is 316 g/mol. The Morgan fingerprint density at radius 2 is 2.12 bits per heavy atom. The molecule has 1 aromatic rings. The van der Waals surface area contributed by atoms with Gasteiger partial charge in [-0.25, -0.2) is 0 Å². The van der Waals surface area contributed by atoms with Crippen molar-refractivity contribution in [2.45, 2.75) is 32.6 Å². The fraction of sp³-hybridized carbons (Fsp3) is 0.500. The molecule has 2 rings (SSSR count). The Balaban J connectivity index is 2.18. The number of hydrogen-bond donors (Lipinski definition) is 0. The highest BCUT2D eigenvalue weighted by Gasteiger charge is 2.26. The molecule has 1 fully saturated rings. The lowest BCUT2D eigenvalue weighted by molar-refractivity contribution is 0.0868. The van der Waals surface area contributed by atoms with Crippen molar-refractivity contribution in [3.05, 3.63) is 33.3 Å². The minimum Gasteiger partial charge on any atom is -0.294 e. The van der Waals surface area contributed by atoms with Crippen LogP contribution in [-0.4, -0.2) is 5.78 Å². The molecule has 1 saturated carbocycles. The number of ketones is 1. The Kier molecular flexibility index (Phi) is 4.26.